The molecule has 108 valence electrons. The van der Waals surface area contributed by atoms with Gasteiger partial charge in [-0.25, -0.2) is 9.59 Å². The first-order valence-electron chi connectivity index (χ1n) is 5.96. The largest absolute Gasteiger partial charge is 0.481 e. The molecule has 3 N–H and O–H groups in total. The Bertz CT molecular complexity index is 376. The summed E-state index contributed by atoms with van der Waals surface area (Å²) in [4.78, 5) is 35.0. The molecule has 0 aromatic rings. The van der Waals surface area contributed by atoms with Crippen molar-refractivity contribution in [2.75, 3.05) is 12.3 Å². The first-order valence-corrected chi connectivity index (χ1v) is 7.01. The fourth-order valence-corrected chi connectivity index (χ4v) is 2.93. The average molecular weight is 290 g/mol. The maximum Gasteiger partial charge on any atom is 0.326 e. The topological polar surface area (TPSA) is 107 Å². The van der Waals surface area contributed by atoms with Crippen LogP contribution in [0, 0.1) is 0 Å². The highest BCUT2D eigenvalue weighted by atomic mass is 32.2. The number of amides is 2. The van der Waals surface area contributed by atoms with Gasteiger partial charge in [0.2, 0.25) is 0 Å². The molecule has 0 aliphatic carbocycles. The molecule has 1 saturated heterocycles. The molecule has 8 heteroatoms. The van der Waals surface area contributed by atoms with E-state index in [9.17, 15) is 14.4 Å². The second-order valence-corrected chi connectivity index (χ2v) is 5.93. The summed E-state index contributed by atoms with van der Waals surface area (Å²) in [6.45, 7) is 4.42. The van der Waals surface area contributed by atoms with Crippen LogP contribution in [0.25, 0.3) is 0 Å². The minimum absolute atomic E-state index is 0.0157. The molecule has 1 aliphatic heterocycles. The quantitative estimate of drug-likeness (QED) is 0.694. The zero-order valence-electron chi connectivity index (χ0n) is 10.8. The van der Waals surface area contributed by atoms with Gasteiger partial charge in [-0.05, 0) is 6.92 Å². The van der Waals surface area contributed by atoms with Crippen molar-refractivity contribution in [3.05, 3.63) is 0 Å². The third kappa shape index (κ3) is 4.30. The Kier molecular flexibility index (Phi) is 5.46. The second kappa shape index (κ2) is 6.65. The van der Waals surface area contributed by atoms with Crippen molar-refractivity contribution in [1.82, 2.24) is 10.2 Å². The predicted molar refractivity (Wildman–Crippen MR) is 70.3 cm³/mol. The van der Waals surface area contributed by atoms with E-state index in [1.807, 2.05) is 13.8 Å². The van der Waals surface area contributed by atoms with Crippen molar-refractivity contribution in [1.29, 1.82) is 0 Å². The molecule has 19 heavy (non-hydrogen) atoms. The fourth-order valence-electron chi connectivity index (χ4n) is 1.83. The van der Waals surface area contributed by atoms with Gasteiger partial charge in [-0.1, -0.05) is 6.92 Å². The highest BCUT2D eigenvalue weighted by Gasteiger charge is 2.31. The molecule has 0 bridgehead atoms. The molecule has 1 aliphatic rings. The minimum Gasteiger partial charge on any atom is -0.481 e. The van der Waals surface area contributed by atoms with Gasteiger partial charge in [0.25, 0.3) is 0 Å². The molecular weight excluding hydrogens is 272 g/mol. The van der Waals surface area contributed by atoms with Gasteiger partial charge in [-0.3, -0.25) is 4.79 Å². The number of hydrogen-bond donors (Lipinski definition) is 3. The summed E-state index contributed by atoms with van der Waals surface area (Å²) in [5, 5.41) is 20.0. The molecule has 1 heterocycles. The number of nitrogens with zero attached hydrogens (tertiary/aromatic N) is 1. The first kappa shape index (κ1) is 15.6. The van der Waals surface area contributed by atoms with E-state index in [4.69, 9.17) is 10.2 Å². The molecule has 2 amide bonds. The van der Waals surface area contributed by atoms with Gasteiger partial charge < -0.3 is 20.4 Å². The van der Waals surface area contributed by atoms with E-state index in [2.05, 4.69) is 5.32 Å². The van der Waals surface area contributed by atoms with Crippen LogP contribution in [0.2, 0.25) is 0 Å². The third-order valence-corrected chi connectivity index (χ3v) is 4.46. The highest BCUT2D eigenvalue weighted by molar-refractivity contribution is 8.00. The molecule has 0 spiro atoms. The number of aliphatic carboxylic acids is 2. The number of carboxylic acid groups (broad SMARTS) is 2. The van der Waals surface area contributed by atoms with E-state index in [1.54, 1.807) is 16.7 Å². The van der Waals surface area contributed by atoms with Crippen LogP contribution in [-0.2, 0) is 9.59 Å². The van der Waals surface area contributed by atoms with Gasteiger partial charge in [0, 0.05) is 23.6 Å². The molecule has 1 fully saturated rings. The number of urea groups is 1. The standard InChI is InChI=1S/C11H18N2O5S/c1-6-7(2)19-4-3-13(6)11(18)12-8(10(16)17)5-9(14)15/h6-8H,3-5H2,1-2H3,(H,12,18)(H,14,15)(H,16,17). The van der Waals surface area contributed by atoms with Gasteiger partial charge in [0.05, 0.1) is 6.42 Å². The first-order chi connectivity index (χ1) is 8.82. The van der Waals surface area contributed by atoms with E-state index in [-0.39, 0.29) is 11.3 Å². The average Bonchev–Trinajstić information content (AvgIpc) is 2.31. The number of carbonyl (C=O) groups is 3. The lowest BCUT2D eigenvalue weighted by atomic mass is 10.2. The van der Waals surface area contributed by atoms with E-state index in [0.29, 0.717) is 6.54 Å². The van der Waals surface area contributed by atoms with E-state index >= 15 is 0 Å². The Morgan fingerprint density at radius 3 is 2.53 bits per heavy atom. The number of thioether (sulfide) groups is 1. The summed E-state index contributed by atoms with van der Waals surface area (Å²) in [7, 11) is 0. The lowest BCUT2D eigenvalue weighted by Crippen LogP contribution is -2.55. The monoisotopic (exact) mass is 290 g/mol. The van der Waals surface area contributed by atoms with Gasteiger partial charge in [0.15, 0.2) is 0 Å². The van der Waals surface area contributed by atoms with Crippen molar-refractivity contribution >= 4 is 29.7 Å². The van der Waals surface area contributed by atoms with Crippen molar-refractivity contribution in [3.8, 4) is 0 Å². The summed E-state index contributed by atoms with van der Waals surface area (Å²) in [5.41, 5.74) is 0. The zero-order chi connectivity index (χ0) is 14.6. The summed E-state index contributed by atoms with van der Waals surface area (Å²) >= 11 is 1.75. The molecule has 3 atom stereocenters. The number of carboxylic acids is 2. The minimum atomic E-state index is -1.40. The van der Waals surface area contributed by atoms with Crippen molar-refractivity contribution < 1.29 is 24.6 Å². The van der Waals surface area contributed by atoms with E-state index in [1.165, 1.54) is 0 Å². The van der Waals surface area contributed by atoms with Crippen LogP contribution in [-0.4, -0.2) is 62.7 Å². The normalized spacial score (nSPS) is 24.6. The molecule has 1 rings (SSSR count). The van der Waals surface area contributed by atoms with Crippen LogP contribution in [0.3, 0.4) is 0 Å². The van der Waals surface area contributed by atoms with E-state index in [0.717, 1.165) is 5.75 Å². The van der Waals surface area contributed by atoms with Crippen LogP contribution >= 0.6 is 11.8 Å². The summed E-state index contributed by atoms with van der Waals surface area (Å²) in [6, 6.07) is -1.94. The summed E-state index contributed by atoms with van der Waals surface area (Å²) < 4.78 is 0. The van der Waals surface area contributed by atoms with Crippen LogP contribution < -0.4 is 5.32 Å². The highest BCUT2D eigenvalue weighted by Crippen LogP contribution is 2.24. The Morgan fingerprint density at radius 2 is 2.00 bits per heavy atom. The maximum atomic E-state index is 12.0. The lowest BCUT2D eigenvalue weighted by molar-refractivity contribution is -0.145. The van der Waals surface area contributed by atoms with Crippen LogP contribution in [0.5, 0.6) is 0 Å². The van der Waals surface area contributed by atoms with E-state index < -0.39 is 30.4 Å². The molecule has 0 aromatic carbocycles. The Labute approximate surface area is 115 Å². The van der Waals surface area contributed by atoms with Crippen LogP contribution in [0.15, 0.2) is 0 Å². The zero-order valence-corrected chi connectivity index (χ0v) is 11.6. The number of hydrogen-bond acceptors (Lipinski definition) is 4. The van der Waals surface area contributed by atoms with Gasteiger partial charge in [-0.15, -0.1) is 0 Å². The predicted octanol–water partition coefficient (Wildman–Crippen LogP) is 0.450. The van der Waals surface area contributed by atoms with Gasteiger partial charge in [-0.2, -0.15) is 11.8 Å². The molecule has 7 nitrogen and oxygen atoms in total. The van der Waals surface area contributed by atoms with Gasteiger partial charge >= 0.3 is 18.0 Å². The molecule has 0 radical (unpaired) electrons. The molecule has 3 unspecified atom stereocenters. The SMILES string of the molecule is CC1SCCN(C(=O)NC(CC(=O)O)C(=O)O)C1C. The fraction of sp³-hybridized carbons (Fsp3) is 0.727. The smallest absolute Gasteiger partial charge is 0.326 e. The Morgan fingerprint density at radius 1 is 1.37 bits per heavy atom. The number of rotatable bonds is 4. The summed E-state index contributed by atoms with van der Waals surface area (Å²) in [5.74, 6) is -1.82. The maximum absolute atomic E-state index is 12.0. The lowest BCUT2D eigenvalue weighted by Gasteiger charge is -2.37. The summed E-state index contributed by atoms with van der Waals surface area (Å²) in [6.07, 6.45) is -0.631. The van der Waals surface area contributed by atoms with Crippen molar-refractivity contribution in [2.45, 2.75) is 37.6 Å². The van der Waals surface area contributed by atoms with Crippen molar-refractivity contribution in [2.24, 2.45) is 0 Å². The van der Waals surface area contributed by atoms with Crippen LogP contribution in [0.4, 0.5) is 4.79 Å². The Hall–Kier alpha value is -1.44. The van der Waals surface area contributed by atoms with Crippen molar-refractivity contribution in [3.63, 3.8) is 0 Å². The second-order valence-electron chi connectivity index (χ2n) is 4.45. The number of nitrogens with one attached hydrogen (secondary N) is 1. The number of carbonyl (C=O) groups excluding carboxylic acids is 1. The molecular formula is C11H18N2O5S. The molecule has 0 aromatic heterocycles. The Balaban J connectivity index is 2.65. The molecule has 0 saturated carbocycles. The van der Waals surface area contributed by atoms with Gasteiger partial charge in [0.1, 0.15) is 6.04 Å². The third-order valence-electron chi connectivity index (χ3n) is 3.12. The van der Waals surface area contributed by atoms with Crippen LogP contribution in [0.1, 0.15) is 20.3 Å².